The molecule has 118 valence electrons. The molecule has 1 aliphatic carbocycles. The Morgan fingerprint density at radius 2 is 2.05 bits per heavy atom. The molecular formula is C18H29NO2. The van der Waals surface area contributed by atoms with Gasteiger partial charge in [0.05, 0.1) is 5.60 Å². The first-order valence-electron chi connectivity index (χ1n) is 8.33. The highest BCUT2D eigenvalue weighted by Crippen LogP contribution is 2.33. The fraction of sp³-hybridized carbons (Fsp3) is 0.667. The summed E-state index contributed by atoms with van der Waals surface area (Å²) in [5.41, 5.74) is 2.10. The summed E-state index contributed by atoms with van der Waals surface area (Å²) in [5, 5.41) is 13.9. The number of hydrogen-bond donors (Lipinski definition) is 2. The van der Waals surface area contributed by atoms with Gasteiger partial charge in [-0.2, -0.15) is 0 Å². The summed E-state index contributed by atoms with van der Waals surface area (Å²) in [6.07, 6.45) is 4.89. The van der Waals surface area contributed by atoms with Crippen molar-refractivity contribution < 1.29 is 9.84 Å². The number of aliphatic hydroxyl groups is 1. The van der Waals surface area contributed by atoms with Gasteiger partial charge in [0.2, 0.25) is 0 Å². The average molecular weight is 291 g/mol. The van der Waals surface area contributed by atoms with Gasteiger partial charge in [0.15, 0.2) is 0 Å². The lowest BCUT2D eigenvalue weighted by Crippen LogP contribution is -2.34. The molecule has 0 amide bonds. The van der Waals surface area contributed by atoms with Crippen molar-refractivity contribution in [1.82, 2.24) is 5.32 Å². The first-order chi connectivity index (χ1) is 10.1. The smallest absolute Gasteiger partial charge is 0.119 e. The molecule has 21 heavy (non-hydrogen) atoms. The van der Waals surface area contributed by atoms with Gasteiger partial charge >= 0.3 is 0 Å². The minimum absolute atomic E-state index is 0.371. The van der Waals surface area contributed by atoms with Gasteiger partial charge in [-0.25, -0.2) is 0 Å². The third kappa shape index (κ3) is 3.98. The molecule has 3 nitrogen and oxygen atoms in total. The summed E-state index contributed by atoms with van der Waals surface area (Å²) in [7, 11) is 0. The second-order valence-electron chi connectivity index (χ2n) is 6.13. The Kier molecular flexibility index (Phi) is 5.65. The fourth-order valence-electron chi connectivity index (χ4n) is 2.89. The average Bonchev–Trinajstić information content (AvgIpc) is 2.93. The normalized spacial score (nSPS) is 17.8. The van der Waals surface area contributed by atoms with Crippen LogP contribution in [-0.2, 0) is 6.42 Å². The van der Waals surface area contributed by atoms with Crippen LogP contribution < -0.4 is 10.1 Å². The first kappa shape index (κ1) is 16.3. The van der Waals surface area contributed by atoms with Gasteiger partial charge in [0.1, 0.15) is 12.4 Å². The maximum atomic E-state index is 10.3. The largest absolute Gasteiger partial charge is 0.491 e. The van der Waals surface area contributed by atoms with Crippen LogP contribution in [0.3, 0.4) is 0 Å². The Bertz CT molecular complexity index is 455. The Balaban J connectivity index is 1.99. The van der Waals surface area contributed by atoms with Crippen LogP contribution in [-0.4, -0.2) is 23.9 Å². The number of fused-ring (bicyclic) bond motifs is 1. The molecule has 0 fully saturated rings. The van der Waals surface area contributed by atoms with E-state index in [1.165, 1.54) is 24.0 Å². The highest BCUT2D eigenvalue weighted by Gasteiger charge is 2.25. The van der Waals surface area contributed by atoms with Crippen LogP contribution in [0.1, 0.15) is 63.6 Å². The second-order valence-corrected chi connectivity index (χ2v) is 6.13. The summed E-state index contributed by atoms with van der Waals surface area (Å²) in [6, 6.07) is 6.87. The van der Waals surface area contributed by atoms with Crippen LogP contribution in [0.2, 0.25) is 0 Å². The zero-order chi connectivity index (χ0) is 15.3. The van der Waals surface area contributed by atoms with Crippen molar-refractivity contribution in [2.45, 2.75) is 64.5 Å². The van der Waals surface area contributed by atoms with Crippen molar-refractivity contribution in [3.8, 4) is 5.75 Å². The maximum absolute atomic E-state index is 10.3. The van der Waals surface area contributed by atoms with Crippen molar-refractivity contribution >= 4 is 0 Å². The molecule has 0 saturated carbocycles. The molecule has 1 aromatic rings. The highest BCUT2D eigenvalue weighted by molar-refractivity contribution is 5.40. The van der Waals surface area contributed by atoms with Crippen molar-refractivity contribution in [3.63, 3.8) is 0 Å². The molecule has 1 atom stereocenters. The van der Waals surface area contributed by atoms with Gasteiger partial charge in [0.25, 0.3) is 0 Å². The molecular weight excluding hydrogens is 262 g/mol. The molecule has 0 radical (unpaired) electrons. The number of aryl methyl sites for hydroxylation is 1. The van der Waals surface area contributed by atoms with E-state index in [0.717, 1.165) is 31.6 Å². The van der Waals surface area contributed by atoms with Crippen LogP contribution in [0.25, 0.3) is 0 Å². The van der Waals surface area contributed by atoms with Gasteiger partial charge in [-0.05, 0) is 61.9 Å². The van der Waals surface area contributed by atoms with Gasteiger partial charge in [-0.1, -0.05) is 26.8 Å². The molecule has 1 aliphatic rings. The predicted octanol–water partition coefficient (Wildman–Crippen LogP) is 3.60. The molecule has 0 aliphatic heterocycles. The Morgan fingerprint density at radius 1 is 1.29 bits per heavy atom. The molecule has 0 saturated heterocycles. The number of nitrogens with one attached hydrogen (secondary N) is 1. The van der Waals surface area contributed by atoms with Crippen LogP contribution in [0.15, 0.2) is 18.2 Å². The number of benzene rings is 1. The summed E-state index contributed by atoms with van der Waals surface area (Å²) in [5.74, 6) is 0.880. The van der Waals surface area contributed by atoms with Crippen molar-refractivity contribution in [2.75, 3.05) is 13.2 Å². The monoisotopic (exact) mass is 291 g/mol. The quantitative estimate of drug-likeness (QED) is 0.769. The molecule has 0 heterocycles. The van der Waals surface area contributed by atoms with Gasteiger partial charge in [-0.3, -0.25) is 0 Å². The van der Waals surface area contributed by atoms with E-state index in [-0.39, 0.29) is 0 Å². The summed E-state index contributed by atoms with van der Waals surface area (Å²) >= 11 is 0. The zero-order valence-electron chi connectivity index (χ0n) is 13.6. The first-order valence-corrected chi connectivity index (χ1v) is 8.33. The van der Waals surface area contributed by atoms with E-state index in [1.54, 1.807) is 0 Å². The van der Waals surface area contributed by atoms with Crippen LogP contribution in [0, 0.1) is 0 Å². The lowest BCUT2D eigenvalue weighted by molar-refractivity contribution is -0.0113. The van der Waals surface area contributed by atoms with E-state index in [9.17, 15) is 5.11 Å². The van der Waals surface area contributed by atoms with E-state index in [1.807, 2.05) is 19.9 Å². The van der Waals surface area contributed by atoms with Crippen molar-refractivity contribution in [1.29, 1.82) is 0 Å². The zero-order valence-corrected chi connectivity index (χ0v) is 13.6. The minimum Gasteiger partial charge on any atom is -0.491 e. The summed E-state index contributed by atoms with van der Waals surface area (Å²) in [6.45, 7) is 7.64. The van der Waals surface area contributed by atoms with Crippen molar-refractivity contribution in [2.24, 2.45) is 0 Å². The molecule has 2 rings (SSSR count). The lowest BCUT2D eigenvalue weighted by atomic mass is 9.99. The van der Waals surface area contributed by atoms with Gasteiger partial charge in [-0.15, -0.1) is 0 Å². The Hall–Kier alpha value is -1.06. The molecule has 0 aromatic heterocycles. The van der Waals surface area contributed by atoms with Crippen molar-refractivity contribution in [3.05, 3.63) is 29.3 Å². The van der Waals surface area contributed by atoms with Crippen LogP contribution in [0.5, 0.6) is 5.75 Å². The highest BCUT2D eigenvalue weighted by atomic mass is 16.5. The Labute approximate surface area is 128 Å². The summed E-state index contributed by atoms with van der Waals surface area (Å²) in [4.78, 5) is 0. The number of ether oxygens (including phenoxy) is 1. The van der Waals surface area contributed by atoms with Crippen LogP contribution in [0.4, 0.5) is 0 Å². The molecule has 1 aromatic carbocycles. The maximum Gasteiger partial charge on any atom is 0.119 e. The molecule has 3 heteroatoms. The standard InChI is InChI=1S/C18H29NO2/c1-4-11-19-17-10-7-14-12-15(8-9-16(14)17)21-13-18(20,5-2)6-3/h8-9,12,17,19-20H,4-7,10-11,13H2,1-3H3. The van der Waals surface area contributed by atoms with E-state index >= 15 is 0 Å². The molecule has 1 unspecified atom stereocenters. The predicted molar refractivity (Wildman–Crippen MR) is 86.8 cm³/mol. The van der Waals surface area contributed by atoms with Crippen LogP contribution >= 0.6 is 0 Å². The van der Waals surface area contributed by atoms with E-state index in [0.29, 0.717) is 12.6 Å². The third-order valence-corrected chi connectivity index (χ3v) is 4.66. The number of hydrogen-bond acceptors (Lipinski definition) is 3. The minimum atomic E-state index is -0.704. The molecule has 2 N–H and O–H groups in total. The van der Waals surface area contributed by atoms with E-state index in [4.69, 9.17) is 4.74 Å². The Morgan fingerprint density at radius 3 is 2.71 bits per heavy atom. The summed E-state index contributed by atoms with van der Waals surface area (Å²) < 4.78 is 5.82. The molecule has 0 spiro atoms. The van der Waals surface area contributed by atoms with Gasteiger partial charge in [0, 0.05) is 6.04 Å². The third-order valence-electron chi connectivity index (χ3n) is 4.66. The van der Waals surface area contributed by atoms with Gasteiger partial charge < -0.3 is 15.2 Å². The van der Waals surface area contributed by atoms with E-state index < -0.39 is 5.60 Å². The number of rotatable bonds is 8. The molecule has 0 bridgehead atoms. The second kappa shape index (κ2) is 7.28. The fourth-order valence-corrected chi connectivity index (χ4v) is 2.89. The lowest BCUT2D eigenvalue weighted by Gasteiger charge is -2.25. The topological polar surface area (TPSA) is 41.5 Å². The SMILES string of the molecule is CCCNC1CCc2cc(OCC(O)(CC)CC)ccc21. The van der Waals surface area contributed by atoms with E-state index in [2.05, 4.69) is 24.4 Å².